The molecule has 0 aliphatic rings. The summed E-state index contributed by atoms with van der Waals surface area (Å²) in [5.41, 5.74) is 9.68. The Hall–Kier alpha value is -2.24. The van der Waals surface area contributed by atoms with Crippen molar-refractivity contribution in [1.82, 2.24) is 14.5 Å². The molecule has 0 atom stereocenters. The fourth-order valence-corrected chi connectivity index (χ4v) is 2.65. The number of hydrogen-bond donors (Lipinski definition) is 1. The summed E-state index contributed by atoms with van der Waals surface area (Å²) in [6.07, 6.45) is 2.67. The molecule has 3 aromatic rings. The first-order valence-electron chi connectivity index (χ1n) is 7.91. The Morgan fingerprint density at radius 2 is 2.00 bits per heavy atom. The van der Waals surface area contributed by atoms with Gasteiger partial charge in [-0.1, -0.05) is 30.3 Å². The quantitative estimate of drug-likeness (QED) is 0.680. The van der Waals surface area contributed by atoms with E-state index in [9.17, 15) is 0 Å². The number of imidazole rings is 1. The van der Waals surface area contributed by atoms with Crippen molar-refractivity contribution < 1.29 is 4.74 Å². The predicted molar refractivity (Wildman–Crippen MR) is 91.4 cm³/mol. The predicted octanol–water partition coefficient (Wildman–Crippen LogP) is 2.31. The average Bonchev–Trinajstić information content (AvgIpc) is 2.89. The minimum atomic E-state index is 0.541. The number of hydrogen-bond acceptors (Lipinski definition) is 4. The van der Waals surface area contributed by atoms with E-state index >= 15 is 0 Å². The Bertz CT molecular complexity index is 767. The number of pyridine rings is 1. The molecule has 0 spiro atoms. The van der Waals surface area contributed by atoms with Crippen LogP contribution in [0, 0.1) is 6.92 Å². The number of nitrogens with two attached hydrogens (primary N) is 1. The molecule has 0 aliphatic heterocycles. The van der Waals surface area contributed by atoms with Gasteiger partial charge in [0.05, 0.1) is 13.2 Å². The molecule has 0 aliphatic carbocycles. The van der Waals surface area contributed by atoms with Crippen LogP contribution in [-0.4, -0.2) is 34.3 Å². The third kappa shape index (κ3) is 3.75. The van der Waals surface area contributed by atoms with Crippen molar-refractivity contribution >= 4 is 11.2 Å². The van der Waals surface area contributed by atoms with E-state index in [0.29, 0.717) is 19.8 Å². The Labute approximate surface area is 136 Å². The van der Waals surface area contributed by atoms with Crippen LogP contribution >= 0.6 is 0 Å². The lowest BCUT2D eigenvalue weighted by molar-refractivity contribution is 0.133. The molecule has 2 heterocycles. The van der Waals surface area contributed by atoms with Gasteiger partial charge in [-0.15, -0.1) is 0 Å². The van der Waals surface area contributed by atoms with Gasteiger partial charge in [0.25, 0.3) is 0 Å². The summed E-state index contributed by atoms with van der Waals surface area (Å²) in [5.74, 6) is 1.01. The maximum atomic E-state index is 5.53. The molecule has 2 aromatic heterocycles. The monoisotopic (exact) mass is 310 g/mol. The molecule has 120 valence electrons. The van der Waals surface area contributed by atoms with E-state index in [-0.39, 0.29) is 0 Å². The zero-order valence-corrected chi connectivity index (χ0v) is 13.4. The summed E-state index contributed by atoms with van der Waals surface area (Å²) in [7, 11) is 0. The Morgan fingerprint density at radius 3 is 2.78 bits per heavy atom. The number of nitrogens with zero attached hydrogens (tertiary/aromatic N) is 3. The van der Waals surface area contributed by atoms with Gasteiger partial charge in [-0.05, 0) is 24.1 Å². The highest BCUT2D eigenvalue weighted by Crippen LogP contribution is 2.18. The van der Waals surface area contributed by atoms with Gasteiger partial charge >= 0.3 is 0 Å². The van der Waals surface area contributed by atoms with Gasteiger partial charge in [0.2, 0.25) is 0 Å². The van der Waals surface area contributed by atoms with Crippen molar-refractivity contribution in [3.05, 3.63) is 59.5 Å². The molecule has 5 nitrogen and oxygen atoms in total. The fraction of sp³-hybridized carbons (Fsp3) is 0.333. The van der Waals surface area contributed by atoms with Gasteiger partial charge in [-0.25, -0.2) is 9.97 Å². The highest BCUT2D eigenvalue weighted by molar-refractivity contribution is 5.72. The second-order valence-electron chi connectivity index (χ2n) is 5.60. The number of aromatic nitrogens is 3. The SMILES string of the molecule is Cc1cnc2c(c1)nc(Cc1ccccc1)n2CCOCCN. The first-order chi connectivity index (χ1) is 11.3. The summed E-state index contributed by atoms with van der Waals surface area (Å²) < 4.78 is 7.68. The van der Waals surface area contributed by atoms with E-state index in [1.54, 1.807) is 0 Å². The van der Waals surface area contributed by atoms with E-state index in [0.717, 1.165) is 35.5 Å². The first kappa shape index (κ1) is 15.6. The maximum absolute atomic E-state index is 5.53. The van der Waals surface area contributed by atoms with Crippen LogP contribution in [-0.2, 0) is 17.7 Å². The van der Waals surface area contributed by atoms with Crippen molar-refractivity contribution in [3.8, 4) is 0 Å². The first-order valence-corrected chi connectivity index (χ1v) is 7.91. The van der Waals surface area contributed by atoms with Gasteiger partial charge in [-0.3, -0.25) is 0 Å². The third-order valence-electron chi connectivity index (χ3n) is 3.73. The zero-order chi connectivity index (χ0) is 16.1. The lowest BCUT2D eigenvalue weighted by Crippen LogP contribution is -2.14. The van der Waals surface area contributed by atoms with Gasteiger partial charge in [0.15, 0.2) is 5.65 Å². The molecular weight excluding hydrogens is 288 g/mol. The molecule has 5 heteroatoms. The van der Waals surface area contributed by atoms with Crippen molar-refractivity contribution in [1.29, 1.82) is 0 Å². The minimum absolute atomic E-state index is 0.541. The lowest BCUT2D eigenvalue weighted by Gasteiger charge is -2.09. The summed E-state index contributed by atoms with van der Waals surface area (Å²) >= 11 is 0. The van der Waals surface area contributed by atoms with Gasteiger partial charge < -0.3 is 15.0 Å². The van der Waals surface area contributed by atoms with E-state index < -0.39 is 0 Å². The van der Waals surface area contributed by atoms with E-state index in [1.807, 2.05) is 19.2 Å². The Kier molecular flexibility index (Phi) is 5.00. The smallest absolute Gasteiger partial charge is 0.160 e. The van der Waals surface area contributed by atoms with Crippen LogP contribution in [0.3, 0.4) is 0 Å². The largest absolute Gasteiger partial charge is 0.378 e. The van der Waals surface area contributed by atoms with Crippen molar-refractivity contribution in [3.63, 3.8) is 0 Å². The van der Waals surface area contributed by atoms with Crippen molar-refractivity contribution in [2.45, 2.75) is 19.9 Å². The van der Waals surface area contributed by atoms with Gasteiger partial charge in [-0.2, -0.15) is 0 Å². The second kappa shape index (κ2) is 7.35. The lowest BCUT2D eigenvalue weighted by atomic mass is 10.1. The van der Waals surface area contributed by atoms with Crippen LogP contribution in [0.15, 0.2) is 42.6 Å². The second-order valence-corrected chi connectivity index (χ2v) is 5.60. The molecule has 0 bridgehead atoms. The van der Waals surface area contributed by atoms with Crippen molar-refractivity contribution in [2.75, 3.05) is 19.8 Å². The molecular formula is C18H22N4O. The molecule has 1 aromatic carbocycles. The molecule has 2 N–H and O–H groups in total. The molecule has 3 rings (SSSR count). The van der Waals surface area contributed by atoms with Crippen LogP contribution in [0.4, 0.5) is 0 Å². The number of ether oxygens (including phenoxy) is 1. The standard InChI is InChI=1S/C18H22N4O/c1-14-11-16-18(20-13-14)22(8-10-23-9-7-19)17(21-16)12-15-5-3-2-4-6-15/h2-6,11,13H,7-10,12,19H2,1H3. The molecule has 0 saturated heterocycles. The van der Waals surface area contributed by atoms with E-state index in [1.165, 1.54) is 5.56 Å². The van der Waals surface area contributed by atoms with E-state index in [2.05, 4.69) is 39.9 Å². The maximum Gasteiger partial charge on any atom is 0.160 e. The summed E-state index contributed by atoms with van der Waals surface area (Å²) in [6, 6.07) is 12.4. The van der Waals surface area contributed by atoms with Gasteiger partial charge in [0, 0.05) is 25.7 Å². The summed E-state index contributed by atoms with van der Waals surface area (Å²) in [6.45, 7) is 4.49. The van der Waals surface area contributed by atoms with Crippen LogP contribution in [0.5, 0.6) is 0 Å². The zero-order valence-electron chi connectivity index (χ0n) is 13.4. The van der Waals surface area contributed by atoms with Gasteiger partial charge in [0.1, 0.15) is 11.3 Å². The topological polar surface area (TPSA) is 66.0 Å². The molecule has 0 amide bonds. The highest BCUT2D eigenvalue weighted by atomic mass is 16.5. The van der Waals surface area contributed by atoms with Crippen molar-refractivity contribution in [2.24, 2.45) is 5.73 Å². The van der Waals surface area contributed by atoms with Crippen LogP contribution < -0.4 is 5.73 Å². The molecule has 0 radical (unpaired) electrons. The number of rotatable bonds is 7. The number of fused-ring (bicyclic) bond motifs is 1. The molecule has 23 heavy (non-hydrogen) atoms. The molecule has 0 saturated carbocycles. The van der Waals surface area contributed by atoms with E-state index in [4.69, 9.17) is 15.5 Å². The Morgan fingerprint density at radius 1 is 1.17 bits per heavy atom. The van der Waals surface area contributed by atoms with Crippen LogP contribution in [0.2, 0.25) is 0 Å². The normalized spacial score (nSPS) is 11.2. The molecule has 0 unspecified atom stereocenters. The third-order valence-corrected chi connectivity index (χ3v) is 3.73. The highest BCUT2D eigenvalue weighted by Gasteiger charge is 2.12. The van der Waals surface area contributed by atoms with Crippen LogP contribution in [0.1, 0.15) is 17.0 Å². The average molecular weight is 310 g/mol. The minimum Gasteiger partial charge on any atom is -0.378 e. The molecule has 0 fully saturated rings. The Balaban J connectivity index is 1.90. The number of benzene rings is 1. The summed E-state index contributed by atoms with van der Waals surface area (Å²) in [5, 5.41) is 0. The number of aryl methyl sites for hydroxylation is 1. The van der Waals surface area contributed by atoms with Crippen LogP contribution in [0.25, 0.3) is 11.2 Å². The summed E-state index contributed by atoms with van der Waals surface area (Å²) in [4.78, 5) is 9.35. The fourth-order valence-electron chi connectivity index (χ4n) is 2.65.